The van der Waals surface area contributed by atoms with Gasteiger partial charge in [-0.3, -0.25) is 30.3 Å². The number of hydrogen-bond donors (Lipinski definition) is 2. The molecule has 0 spiro atoms. The first kappa shape index (κ1) is 15.4. The van der Waals surface area contributed by atoms with E-state index < -0.39 is 54.9 Å². The van der Waals surface area contributed by atoms with Gasteiger partial charge in [0.15, 0.2) is 0 Å². The number of nitrogens with zero attached hydrogens (tertiary/aromatic N) is 3. The molecule has 13 nitrogen and oxygen atoms in total. The van der Waals surface area contributed by atoms with Gasteiger partial charge in [-0.1, -0.05) is 0 Å². The molecule has 110 valence electrons. The summed E-state index contributed by atoms with van der Waals surface area (Å²) in [6.45, 7) is 0. The molecule has 1 aromatic rings. The lowest BCUT2D eigenvalue weighted by molar-refractivity contribution is -0.403. The normalized spacial score (nSPS) is 9.90. The molecule has 0 heterocycles. The van der Waals surface area contributed by atoms with Gasteiger partial charge in [0, 0.05) is 0 Å². The maximum absolute atomic E-state index is 10.9. The van der Waals surface area contributed by atoms with Crippen molar-refractivity contribution in [3.05, 3.63) is 47.5 Å². The van der Waals surface area contributed by atoms with Crippen LogP contribution in [0.3, 0.4) is 0 Å². The van der Waals surface area contributed by atoms with Crippen molar-refractivity contribution in [2.45, 2.75) is 0 Å². The fourth-order valence-electron chi connectivity index (χ4n) is 1.53. The third kappa shape index (κ3) is 2.55. The number of nitro benzene ring substituents is 3. The van der Waals surface area contributed by atoms with Gasteiger partial charge in [-0.05, 0) is 0 Å². The second-order valence-electron chi connectivity index (χ2n) is 3.40. The predicted molar refractivity (Wildman–Crippen MR) is 60.3 cm³/mol. The lowest BCUT2D eigenvalue weighted by atomic mass is 10.0. The molecule has 0 aromatic heterocycles. The van der Waals surface area contributed by atoms with Crippen LogP contribution in [-0.2, 0) is 0 Å². The van der Waals surface area contributed by atoms with Gasteiger partial charge in [0.25, 0.3) is 11.4 Å². The molecule has 0 fully saturated rings. The summed E-state index contributed by atoms with van der Waals surface area (Å²) in [5, 5.41) is 49.9. The number of aromatic carboxylic acids is 2. The highest BCUT2D eigenvalue weighted by molar-refractivity contribution is 6.06. The van der Waals surface area contributed by atoms with E-state index in [4.69, 9.17) is 10.2 Å². The van der Waals surface area contributed by atoms with Gasteiger partial charge in [0.05, 0.1) is 20.8 Å². The third-order valence-electron chi connectivity index (χ3n) is 2.26. The van der Waals surface area contributed by atoms with E-state index in [0.717, 1.165) is 0 Å². The van der Waals surface area contributed by atoms with Crippen molar-refractivity contribution in [2.24, 2.45) is 0 Å². The molecule has 2 N–H and O–H groups in total. The average molecular weight is 301 g/mol. The topological polar surface area (TPSA) is 204 Å². The van der Waals surface area contributed by atoms with Crippen molar-refractivity contribution in [1.82, 2.24) is 0 Å². The lowest BCUT2D eigenvalue weighted by Crippen LogP contribution is -2.14. The first-order valence-electron chi connectivity index (χ1n) is 4.70. The number of carboxylic acid groups (broad SMARTS) is 2. The Hall–Kier alpha value is -3.64. The third-order valence-corrected chi connectivity index (χ3v) is 2.26. The first-order valence-corrected chi connectivity index (χ1v) is 4.70. The monoisotopic (exact) mass is 301 g/mol. The van der Waals surface area contributed by atoms with Crippen molar-refractivity contribution in [2.75, 3.05) is 0 Å². The molecular weight excluding hydrogens is 298 g/mol. The highest BCUT2D eigenvalue weighted by atomic mass is 16.6. The van der Waals surface area contributed by atoms with Crippen LogP contribution in [0.15, 0.2) is 6.07 Å². The van der Waals surface area contributed by atoms with Crippen LogP contribution in [0.25, 0.3) is 0 Å². The number of nitro groups is 3. The summed E-state index contributed by atoms with van der Waals surface area (Å²) < 4.78 is 0. The summed E-state index contributed by atoms with van der Waals surface area (Å²) >= 11 is 0. The number of hydrogen-bond acceptors (Lipinski definition) is 8. The van der Waals surface area contributed by atoms with E-state index in [0.29, 0.717) is 0 Å². The van der Waals surface area contributed by atoms with Gasteiger partial charge >= 0.3 is 17.6 Å². The molecule has 0 aliphatic heterocycles. The molecule has 0 aliphatic rings. The summed E-state index contributed by atoms with van der Waals surface area (Å²) in [4.78, 5) is 49.8. The predicted octanol–water partition coefficient (Wildman–Crippen LogP) is 0.808. The first-order chi connectivity index (χ1) is 9.59. The van der Waals surface area contributed by atoms with E-state index in [2.05, 4.69) is 0 Å². The van der Waals surface area contributed by atoms with Gasteiger partial charge in [-0.25, -0.2) is 9.59 Å². The Bertz CT molecular complexity index is 658. The molecule has 1 rings (SSSR count). The van der Waals surface area contributed by atoms with Gasteiger partial charge in [0.2, 0.25) is 11.1 Å². The average Bonchev–Trinajstić information content (AvgIpc) is 2.34. The fourth-order valence-corrected chi connectivity index (χ4v) is 1.53. The Morgan fingerprint density at radius 1 is 0.810 bits per heavy atom. The zero-order chi connectivity index (χ0) is 16.5. The lowest BCUT2D eigenvalue weighted by Gasteiger charge is -2.04. The Morgan fingerprint density at radius 3 is 1.33 bits per heavy atom. The fraction of sp³-hybridized carbons (Fsp3) is 0. The summed E-state index contributed by atoms with van der Waals surface area (Å²) in [6, 6.07) is 0.0555. The van der Waals surface area contributed by atoms with Crippen LogP contribution in [0.2, 0.25) is 0 Å². The largest absolute Gasteiger partial charge is 0.477 e. The van der Waals surface area contributed by atoms with Crippen molar-refractivity contribution in [3.63, 3.8) is 0 Å². The van der Waals surface area contributed by atoms with Crippen molar-refractivity contribution in [1.29, 1.82) is 0 Å². The minimum absolute atomic E-state index is 0.0555. The molecule has 0 saturated carbocycles. The van der Waals surface area contributed by atoms with E-state index in [9.17, 15) is 39.9 Å². The van der Waals surface area contributed by atoms with Gasteiger partial charge in [-0.2, -0.15) is 0 Å². The van der Waals surface area contributed by atoms with E-state index in [1.807, 2.05) is 0 Å². The van der Waals surface area contributed by atoms with Gasteiger partial charge in [0.1, 0.15) is 0 Å². The maximum Gasteiger partial charge on any atom is 0.349 e. The number of carboxylic acids is 2. The van der Waals surface area contributed by atoms with Crippen LogP contribution in [0.1, 0.15) is 20.7 Å². The Balaban J connectivity index is 4.13. The molecule has 13 heteroatoms. The minimum Gasteiger partial charge on any atom is -0.477 e. The highest BCUT2D eigenvalue weighted by Crippen LogP contribution is 2.38. The van der Waals surface area contributed by atoms with E-state index in [-0.39, 0.29) is 6.07 Å². The standard InChI is InChI=1S/C8H3N3O10/c12-7(13)4-2(9(16)17)1-3(10(18)19)5(8(14)15)6(4)11(20)21/h1H,(H,12,13)(H,14,15). The zero-order valence-electron chi connectivity index (χ0n) is 9.58. The van der Waals surface area contributed by atoms with Crippen molar-refractivity contribution >= 4 is 29.0 Å². The molecule has 0 bridgehead atoms. The van der Waals surface area contributed by atoms with Crippen molar-refractivity contribution < 1.29 is 34.6 Å². The SMILES string of the molecule is O=C(O)c1c([N+](=O)[O-])cc([N+](=O)[O-])c(C(=O)O)c1[N+](=O)[O-]. The van der Waals surface area contributed by atoms with Crippen LogP contribution in [0.4, 0.5) is 17.1 Å². The summed E-state index contributed by atoms with van der Waals surface area (Å²) in [6.07, 6.45) is 0. The molecule has 0 amide bonds. The van der Waals surface area contributed by atoms with E-state index >= 15 is 0 Å². The smallest absolute Gasteiger partial charge is 0.349 e. The van der Waals surface area contributed by atoms with Gasteiger partial charge in [-0.15, -0.1) is 0 Å². The summed E-state index contributed by atoms with van der Waals surface area (Å²) in [5.41, 5.74) is -7.73. The van der Waals surface area contributed by atoms with Crippen LogP contribution >= 0.6 is 0 Å². The maximum atomic E-state index is 10.9. The molecular formula is C8H3N3O10. The Labute approximate surface area is 112 Å². The van der Waals surface area contributed by atoms with Crippen LogP contribution < -0.4 is 0 Å². The molecule has 0 saturated heterocycles. The van der Waals surface area contributed by atoms with Crippen LogP contribution in [0, 0.1) is 30.3 Å². The summed E-state index contributed by atoms with van der Waals surface area (Å²) in [7, 11) is 0. The number of benzene rings is 1. The highest BCUT2D eigenvalue weighted by Gasteiger charge is 2.42. The van der Waals surface area contributed by atoms with Gasteiger partial charge < -0.3 is 10.2 Å². The molecule has 0 atom stereocenters. The van der Waals surface area contributed by atoms with E-state index in [1.54, 1.807) is 0 Å². The quantitative estimate of drug-likeness (QED) is 0.577. The second kappa shape index (κ2) is 5.16. The molecule has 21 heavy (non-hydrogen) atoms. The molecule has 0 unspecified atom stereocenters. The molecule has 1 aromatic carbocycles. The molecule has 0 radical (unpaired) electrons. The second-order valence-corrected chi connectivity index (χ2v) is 3.40. The van der Waals surface area contributed by atoms with Crippen LogP contribution in [0.5, 0.6) is 0 Å². The number of carbonyl (C=O) groups is 2. The van der Waals surface area contributed by atoms with E-state index in [1.165, 1.54) is 0 Å². The Morgan fingerprint density at radius 2 is 1.14 bits per heavy atom. The minimum atomic E-state index is -2.16. The Kier molecular flexibility index (Phi) is 3.79. The number of rotatable bonds is 5. The molecule has 0 aliphatic carbocycles. The zero-order valence-corrected chi connectivity index (χ0v) is 9.58. The van der Waals surface area contributed by atoms with Crippen LogP contribution in [-0.4, -0.2) is 36.9 Å². The summed E-state index contributed by atoms with van der Waals surface area (Å²) in [5.74, 6) is -4.32. The van der Waals surface area contributed by atoms with Crippen molar-refractivity contribution in [3.8, 4) is 0 Å².